The van der Waals surface area contributed by atoms with Gasteiger partial charge in [0, 0.05) is 17.8 Å². The van der Waals surface area contributed by atoms with Gasteiger partial charge in [-0.15, -0.1) is 10.2 Å². The van der Waals surface area contributed by atoms with E-state index >= 15 is 0 Å². The maximum absolute atomic E-state index is 13.2. The number of aromatic nitrogens is 3. The minimum Gasteiger partial charge on any atom is -0.342 e. The Bertz CT molecular complexity index is 826. The molecule has 0 bridgehead atoms. The molecule has 3 rings (SSSR count). The first-order valence-electron chi connectivity index (χ1n) is 6.61. The van der Waals surface area contributed by atoms with Gasteiger partial charge in [-0.2, -0.15) is 0 Å². The van der Waals surface area contributed by atoms with Crippen molar-refractivity contribution in [1.82, 2.24) is 19.9 Å². The normalized spacial score (nSPS) is 12.3. The molecular formula is C15H12F2N4O. The summed E-state index contributed by atoms with van der Waals surface area (Å²) in [6.07, 6.45) is 1.77. The molecule has 1 N–H and O–H groups in total. The van der Waals surface area contributed by atoms with Gasteiger partial charge in [0.2, 0.25) is 0 Å². The van der Waals surface area contributed by atoms with E-state index in [2.05, 4.69) is 15.5 Å². The van der Waals surface area contributed by atoms with Crippen molar-refractivity contribution in [3.63, 3.8) is 0 Å². The third kappa shape index (κ3) is 2.65. The molecule has 0 aliphatic carbocycles. The summed E-state index contributed by atoms with van der Waals surface area (Å²) in [4.78, 5) is 12.1. The molecule has 0 saturated carbocycles. The van der Waals surface area contributed by atoms with Gasteiger partial charge in [-0.25, -0.2) is 8.78 Å². The molecule has 0 spiro atoms. The Hall–Kier alpha value is -2.83. The monoisotopic (exact) mass is 302 g/mol. The summed E-state index contributed by atoms with van der Waals surface area (Å²) in [5, 5.41) is 10.7. The standard InChI is InChI=1S/C15H12F2N4O/c1-9(14-20-19-13-4-2-3-5-21(13)14)18-15(22)10-6-11(16)8-12(17)7-10/h2-9H,1H3,(H,18,22). The van der Waals surface area contributed by atoms with Crippen molar-refractivity contribution in [2.75, 3.05) is 0 Å². The topological polar surface area (TPSA) is 59.3 Å². The molecule has 1 amide bonds. The summed E-state index contributed by atoms with van der Waals surface area (Å²) in [6.45, 7) is 1.72. The summed E-state index contributed by atoms with van der Waals surface area (Å²) in [6, 6.07) is 7.62. The van der Waals surface area contributed by atoms with E-state index in [4.69, 9.17) is 0 Å². The number of nitrogens with one attached hydrogen (secondary N) is 1. The van der Waals surface area contributed by atoms with Crippen LogP contribution in [-0.4, -0.2) is 20.5 Å². The Morgan fingerprint density at radius 2 is 1.91 bits per heavy atom. The fourth-order valence-electron chi connectivity index (χ4n) is 2.18. The first-order chi connectivity index (χ1) is 10.5. The Balaban J connectivity index is 1.84. The Labute approximate surface area is 124 Å². The van der Waals surface area contributed by atoms with Crippen LogP contribution in [-0.2, 0) is 0 Å². The number of nitrogens with zero attached hydrogens (tertiary/aromatic N) is 3. The molecule has 5 nitrogen and oxygen atoms in total. The number of benzene rings is 1. The maximum Gasteiger partial charge on any atom is 0.252 e. The van der Waals surface area contributed by atoms with Crippen molar-refractivity contribution in [3.05, 3.63) is 65.6 Å². The van der Waals surface area contributed by atoms with Crippen LogP contribution in [0.15, 0.2) is 42.6 Å². The highest BCUT2D eigenvalue weighted by Gasteiger charge is 2.17. The van der Waals surface area contributed by atoms with Gasteiger partial charge in [0.25, 0.3) is 5.91 Å². The molecule has 0 radical (unpaired) electrons. The molecule has 2 aromatic heterocycles. The van der Waals surface area contributed by atoms with Crippen LogP contribution < -0.4 is 5.32 Å². The zero-order valence-electron chi connectivity index (χ0n) is 11.6. The molecule has 1 atom stereocenters. The fraction of sp³-hybridized carbons (Fsp3) is 0.133. The van der Waals surface area contributed by atoms with Crippen LogP contribution >= 0.6 is 0 Å². The summed E-state index contributed by atoms with van der Waals surface area (Å²) in [5.74, 6) is -1.66. The highest BCUT2D eigenvalue weighted by Crippen LogP contribution is 2.14. The third-order valence-corrected chi connectivity index (χ3v) is 3.20. The van der Waals surface area contributed by atoms with Crippen molar-refractivity contribution < 1.29 is 13.6 Å². The maximum atomic E-state index is 13.2. The van der Waals surface area contributed by atoms with Crippen molar-refractivity contribution in [2.24, 2.45) is 0 Å². The van der Waals surface area contributed by atoms with Crippen molar-refractivity contribution >= 4 is 11.6 Å². The second-order valence-corrected chi connectivity index (χ2v) is 4.84. The molecule has 0 saturated heterocycles. The van der Waals surface area contributed by atoms with Gasteiger partial charge in [0.15, 0.2) is 11.5 Å². The molecule has 112 valence electrons. The van der Waals surface area contributed by atoms with Crippen LogP contribution in [0.5, 0.6) is 0 Å². The SMILES string of the molecule is CC(NC(=O)c1cc(F)cc(F)c1)c1nnc2ccccn12. The van der Waals surface area contributed by atoms with E-state index in [-0.39, 0.29) is 5.56 Å². The second-order valence-electron chi connectivity index (χ2n) is 4.84. The zero-order valence-corrected chi connectivity index (χ0v) is 11.6. The van der Waals surface area contributed by atoms with E-state index in [1.165, 1.54) is 0 Å². The summed E-state index contributed by atoms with van der Waals surface area (Å²) in [5.41, 5.74) is 0.563. The molecule has 2 heterocycles. The number of fused-ring (bicyclic) bond motifs is 1. The van der Waals surface area contributed by atoms with Crippen molar-refractivity contribution in [2.45, 2.75) is 13.0 Å². The fourth-order valence-corrected chi connectivity index (χ4v) is 2.18. The van der Waals surface area contributed by atoms with E-state index in [9.17, 15) is 13.6 Å². The molecule has 0 aliphatic rings. The van der Waals surface area contributed by atoms with Crippen LogP contribution in [0.25, 0.3) is 5.65 Å². The number of hydrogen-bond donors (Lipinski definition) is 1. The van der Waals surface area contributed by atoms with Gasteiger partial charge >= 0.3 is 0 Å². The molecule has 22 heavy (non-hydrogen) atoms. The Morgan fingerprint density at radius 3 is 2.64 bits per heavy atom. The molecule has 0 aliphatic heterocycles. The quantitative estimate of drug-likeness (QED) is 0.808. The average Bonchev–Trinajstić information content (AvgIpc) is 2.90. The highest BCUT2D eigenvalue weighted by atomic mass is 19.1. The van der Waals surface area contributed by atoms with Crippen LogP contribution in [0.1, 0.15) is 29.1 Å². The first kappa shape index (κ1) is 14.1. The van der Waals surface area contributed by atoms with Crippen LogP contribution in [0.2, 0.25) is 0 Å². The lowest BCUT2D eigenvalue weighted by Gasteiger charge is -2.12. The highest BCUT2D eigenvalue weighted by molar-refractivity contribution is 5.94. The smallest absolute Gasteiger partial charge is 0.252 e. The lowest BCUT2D eigenvalue weighted by molar-refractivity contribution is 0.0937. The van der Waals surface area contributed by atoms with Crippen LogP contribution in [0, 0.1) is 11.6 Å². The van der Waals surface area contributed by atoms with Crippen LogP contribution in [0.4, 0.5) is 8.78 Å². The van der Waals surface area contributed by atoms with E-state index in [0.717, 1.165) is 12.1 Å². The number of pyridine rings is 1. The summed E-state index contributed by atoms with van der Waals surface area (Å²) >= 11 is 0. The number of amides is 1. The van der Waals surface area contributed by atoms with Gasteiger partial charge in [0.05, 0.1) is 6.04 Å². The van der Waals surface area contributed by atoms with Gasteiger partial charge in [-0.1, -0.05) is 6.07 Å². The summed E-state index contributed by atoms with van der Waals surface area (Å²) < 4.78 is 28.1. The minimum absolute atomic E-state index is 0.0850. The van der Waals surface area contributed by atoms with Gasteiger partial charge in [-0.3, -0.25) is 9.20 Å². The van der Waals surface area contributed by atoms with Crippen molar-refractivity contribution in [1.29, 1.82) is 0 Å². The molecule has 0 fully saturated rings. The second kappa shape index (κ2) is 5.51. The van der Waals surface area contributed by atoms with Crippen molar-refractivity contribution in [3.8, 4) is 0 Å². The Kier molecular flexibility index (Phi) is 3.54. The number of carbonyl (C=O) groups is 1. The van der Waals surface area contributed by atoms with Gasteiger partial charge in [-0.05, 0) is 31.2 Å². The predicted octanol–water partition coefficient (Wildman–Crippen LogP) is 2.50. The molecule has 1 unspecified atom stereocenters. The van der Waals surface area contributed by atoms with E-state index in [1.54, 1.807) is 23.6 Å². The van der Waals surface area contributed by atoms with E-state index in [0.29, 0.717) is 17.5 Å². The van der Waals surface area contributed by atoms with Crippen LogP contribution in [0.3, 0.4) is 0 Å². The lowest BCUT2D eigenvalue weighted by Crippen LogP contribution is -2.28. The Morgan fingerprint density at radius 1 is 1.18 bits per heavy atom. The van der Waals surface area contributed by atoms with E-state index < -0.39 is 23.6 Å². The molecule has 1 aromatic carbocycles. The average molecular weight is 302 g/mol. The predicted molar refractivity (Wildman–Crippen MR) is 75.2 cm³/mol. The molecule has 3 aromatic rings. The number of rotatable bonds is 3. The largest absolute Gasteiger partial charge is 0.342 e. The summed E-state index contributed by atoms with van der Waals surface area (Å²) in [7, 11) is 0. The molecule has 7 heteroatoms. The minimum atomic E-state index is -0.800. The first-order valence-corrected chi connectivity index (χ1v) is 6.61. The number of halogens is 2. The molecular weight excluding hydrogens is 290 g/mol. The zero-order chi connectivity index (χ0) is 15.7. The lowest BCUT2D eigenvalue weighted by atomic mass is 10.2. The van der Waals surface area contributed by atoms with Gasteiger partial charge in [0.1, 0.15) is 11.6 Å². The van der Waals surface area contributed by atoms with E-state index in [1.807, 2.05) is 12.1 Å². The third-order valence-electron chi connectivity index (χ3n) is 3.20. The van der Waals surface area contributed by atoms with Gasteiger partial charge < -0.3 is 5.32 Å². The number of carbonyl (C=O) groups excluding carboxylic acids is 1. The number of hydrogen-bond acceptors (Lipinski definition) is 3.